The zero-order valence-corrected chi connectivity index (χ0v) is 12.8. The summed E-state index contributed by atoms with van der Waals surface area (Å²) >= 11 is 1.72. The molecule has 1 unspecified atom stereocenters. The quantitative estimate of drug-likeness (QED) is 0.890. The molecule has 1 aromatic heterocycles. The molecule has 1 atom stereocenters. The minimum Gasteiger partial charge on any atom is -0.348 e. The Morgan fingerprint density at radius 3 is 2.63 bits per heavy atom. The van der Waals surface area contributed by atoms with Crippen LogP contribution in [0.1, 0.15) is 44.5 Å². The van der Waals surface area contributed by atoms with Crippen LogP contribution in [-0.4, -0.2) is 19.0 Å². The van der Waals surface area contributed by atoms with Crippen molar-refractivity contribution in [3.05, 3.63) is 22.4 Å². The fourth-order valence-corrected chi connectivity index (χ4v) is 3.50. The second-order valence-electron chi connectivity index (χ2n) is 6.02. The normalized spacial score (nSPS) is 20.2. The minimum atomic E-state index is -0.213. The summed E-state index contributed by atoms with van der Waals surface area (Å²) in [6, 6.07) is 4.30. The first-order valence-electron chi connectivity index (χ1n) is 7.08. The maximum atomic E-state index is 12.6. The van der Waals surface area contributed by atoms with Crippen LogP contribution in [0.4, 0.5) is 0 Å². The third-order valence-electron chi connectivity index (χ3n) is 4.06. The van der Waals surface area contributed by atoms with E-state index in [1.54, 1.807) is 11.3 Å². The molecule has 2 N–H and O–H groups in total. The fourth-order valence-electron chi connectivity index (χ4n) is 2.56. The summed E-state index contributed by atoms with van der Waals surface area (Å²) in [4.78, 5) is 13.8. The molecule has 0 aliphatic carbocycles. The van der Waals surface area contributed by atoms with Gasteiger partial charge in [0, 0.05) is 10.3 Å². The number of carbonyl (C=O) groups excluding carboxylic acids is 1. The van der Waals surface area contributed by atoms with E-state index in [1.807, 2.05) is 6.07 Å². The van der Waals surface area contributed by atoms with Crippen molar-refractivity contribution in [2.24, 2.45) is 11.3 Å². The van der Waals surface area contributed by atoms with Crippen molar-refractivity contribution in [3.63, 3.8) is 0 Å². The van der Waals surface area contributed by atoms with Crippen LogP contribution in [-0.2, 0) is 4.79 Å². The van der Waals surface area contributed by atoms with Gasteiger partial charge in [0.1, 0.15) is 0 Å². The zero-order chi connectivity index (χ0) is 13.9. The van der Waals surface area contributed by atoms with Crippen molar-refractivity contribution >= 4 is 17.2 Å². The zero-order valence-electron chi connectivity index (χ0n) is 12.0. The first-order valence-corrected chi connectivity index (χ1v) is 7.96. The number of amides is 1. The van der Waals surface area contributed by atoms with E-state index in [1.165, 1.54) is 4.88 Å². The molecule has 2 rings (SSSR count). The largest absolute Gasteiger partial charge is 0.348 e. The Labute approximate surface area is 119 Å². The van der Waals surface area contributed by atoms with Gasteiger partial charge in [-0.1, -0.05) is 26.8 Å². The molecule has 19 heavy (non-hydrogen) atoms. The van der Waals surface area contributed by atoms with Crippen molar-refractivity contribution in [2.75, 3.05) is 13.1 Å². The van der Waals surface area contributed by atoms with E-state index in [-0.39, 0.29) is 17.4 Å². The lowest BCUT2D eigenvalue weighted by atomic mass is 9.79. The molecule has 0 saturated carbocycles. The van der Waals surface area contributed by atoms with Crippen molar-refractivity contribution in [2.45, 2.75) is 39.7 Å². The van der Waals surface area contributed by atoms with Crippen LogP contribution in [0.3, 0.4) is 0 Å². The van der Waals surface area contributed by atoms with Gasteiger partial charge in [-0.15, -0.1) is 11.3 Å². The first-order chi connectivity index (χ1) is 9.03. The summed E-state index contributed by atoms with van der Waals surface area (Å²) in [5.74, 6) is 0.619. The van der Waals surface area contributed by atoms with E-state index >= 15 is 0 Å². The van der Waals surface area contributed by atoms with Crippen LogP contribution in [0.25, 0.3) is 0 Å². The van der Waals surface area contributed by atoms with Gasteiger partial charge in [-0.2, -0.15) is 0 Å². The highest BCUT2D eigenvalue weighted by atomic mass is 32.1. The first kappa shape index (κ1) is 14.5. The second kappa shape index (κ2) is 6.06. The Balaban J connectivity index is 2.07. The second-order valence-corrected chi connectivity index (χ2v) is 7.00. The number of thiophene rings is 1. The molecule has 0 aromatic carbocycles. The Kier molecular flexibility index (Phi) is 4.63. The molecule has 106 valence electrons. The number of piperidine rings is 1. The molecule has 4 heteroatoms. The van der Waals surface area contributed by atoms with E-state index in [4.69, 9.17) is 0 Å². The number of hydrogen-bond donors (Lipinski definition) is 2. The summed E-state index contributed by atoms with van der Waals surface area (Å²) in [6.07, 6.45) is 1.85. The highest BCUT2D eigenvalue weighted by Crippen LogP contribution is 2.31. The number of rotatable bonds is 4. The maximum absolute atomic E-state index is 12.6. The monoisotopic (exact) mass is 280 g/mol. The van der Waals surface area contributed by atoms with Gasteiger partial charge < -0.3 is 10.6 Å². The van der Waals surface area contributed by atoms with E-state index < -0.39 is 0 Å². The lowest BCUT2D eigenvalue weighted by Crippen LogP contribution is -2.47. The Hall–Kier alpha value is -0.870. The van der Waals surface area contributed by atoms with Crippen LogP contribution in [0.15, 0.2) is 17.5 Å². The van der Waals surface area contributed by atoms with Crippen LogP contribution < -0.4 is 10.6 Å². The molecule has 0 spiro atoms. The van der Waals surface area contributed by atoms with Gasteiger partial charge in [0.15, 0.2) is 0 Å². The van der Waals surface area contributed by atoms with E-state index in [9.17, 15) is 4.79 Å². The summed E-state index contributed by atoms with van der Waals surface area (Å²) in [5.41, 5.74) is -0.213. The van der Waals surface area contributed by atoms with Gasteiger partial charge in [-0.3, -0.25) is 4.79 Å². The van der Waals surface area contributed by atoms with Gasteiger partial charge >= 0.3 is 0 Å². The van der Waals surface area contributed by atoms with Gasteiger partial charge in [0.05, 0.1) is 6.04 Å². The highest BCUT2D eigenvalue weighted by Gasteiger charge is 2.36. The average Bonchev–Trinajstić information content (AvgIpc) is 2.89. The topological polar surface area (TPSA) is 41.1 Å². The van der Waals surface area contributed by atoms with Crippen LogP contribution >= 0.6 is 11.3 Å². The molecular formula is C15H24N2OS. The van der Waals surface area contributed by atoms with E-state index in [0.717, 1.165) is 25.9 Å². The van der Waals surface area contributed by atoms with Gasteiger partial charge in [0.25, 0.3) is 0 Å². The maximum Gasteiger partial charge on any atom is 0.226 e. The molecule has 1 amide bonds. The van der Waals surface area contributed by atoms with Crippen LogP contribution in [0, 0.1) is 11.3 Å². The van der Waals surface area contributed by atoms with Crippen molar-refractivity contribution < 1.29 is 4.79 Å². The number of nitrogens with one attached hydrogen (secondary N) is 2. The molecule has 0 radical (unpaired) electrons. The highest BCUT2D eigenvalue weighted by molar-refractivity contribution is 7.10. The molecule has 3 nitrogen and oxygen atoms in total. The van der Waals surface area contributed by atoms with E-state index in [0.29, 0.717) is 5.92 Å². The van der Waals surface area contributed by atoms with Crippen molar-refractivity contribution in [1.29, 1.82) is 0 Å². The average molecular weight is 280 g/mol. The Bertz CT molecular complexity index is 408. The Morgan fingerprint density at radius 2 is 2.11 bits per heavy atom. The third-order valence-corrected chi connectivity index (χ3v) is 5.01. The molecule has 1 fully saturated rings. The Morgan fingerprint density at radius 1 is 1.42 bits per heavy atom. The molecule has 1 aromatic rings. The van der Waals surface area contributed by atoms with Crippen molar-refractivity contribution in [1.82, 2.24) is 10.6 Å². The third kappa shape index (κ3) is 3.37. The lowest BCUT2D eigenvalue weighted by Gasteiger charge is -2.34. The summed E-state index contributed by atoms with van der Waals surface area (Å²) in [6.45, 7) is 8.30. The number of carbonyl (C=O) groups is 1. The van der Waals surface area contributed by atoms with Gasteiger partial charge in [0.2, 0.25) is 5.91 Å². The van der Waals surface area contributed by atoms with Gasteiger partial charge in [-0.25, -0.2) is 0 Å². The SMILES string of the molecule is CC(C)C(NC(=O)C1(C)CCNCC1)c1cccs1. The predicted molar refractivity (Wildman–Crippen MR) is 80.3 cm³/mol. The molecule has 0 bridgehead atoms. The summed E-state index contributed by atoms with van der Waals surface area (Å²) < 4.78 is 0. The van der Waals surface area contributed by atoms with E-state index in [2.05, 4.69) is 42.9 Å². The summed E-state index contributed by atoms with van der Waals surface area (Å²) in [5, 5.41) is 8.67. The van der Waals surface area contributed by atoms with Gasteiger partial charge in [-0.05, 0) is 43.3 Å². The molecule has 1 saturated heterocycles. The molecule has 1 aliphatic heterocycles. The molecule has 1 aliphatic rings. The smallest absolute Gasteiger partial charge is 0.226 e. The minimum absolute atomic E-state index is 0.138. The standard InChI is InChI=1S/C15H24N2OS/c1-11(2)13(12-5-4-10-19-12)17-14(18)15(3)6-8-16-9-7-15/h4-5,10-11,13,16H,6-9H2,1-3H3,(H,17,18). The van der Waals surface area contributed by atoms with Crippen LogP contribution in [0.2, 0.25) is 0 Å². The summed E-state index contributed by atoms with van der Waals surface area (Å²) in [7, 11) is 0. The van der Waals surface area contributed by atoms with Crippen LogP contribution in [0.5, 0.6) is 0 Å². The predicted octanol–water partition coefficient (Wildman–Crippen LogP) is 2.95. The van der Waals surface area contributed by atoms with Crippen molar-refractivity contribution in [3.8, 4) is 0 Å². The molecular weight excluding hydrogens is 256 g/mol. The fraction of sp³-hybridized carbons (Fsp3) is 0.667. The number of hydrogen-bond acceptors (Lipinski definition) is 3. The molecule has 2 heterocycles. The lowest BCUT2D eigenvalue weighted by molar-refractivity contribution is -0.132.